The molecule has 17 heavy (non-hydrogen) atoms. The standard InChI is InChI=1S/C8H2Br4O4.Na/c9-3-1(7(13)14)2(8(15)16)4(10)6(12)5(3)11;/h(H,13,14)(H,15,16);/q;+1. The van der Waals surface area contributed by atoms with Crippen molar-refractivity contribution in [3.05, 3.63) is 29.0 Å². The average molecular weight is 505 g/mol. The van der Waals surface area contributed by atoms with Crippen LogP contribution in [0.1, 0.15) is 20.7 Å². The smallest absolute Gasteiger partial charge is 0.478 e. The molecule has 0 unspecified atom stereocenters. The molecule has 0 fully saturated rings. The number of hydrogen-bond donors (Lipinski definition) is 2. The quantitative estimate of drug-likeness (QED) is 0.360. The Morgan fingerprint density at radius 2 is 0.941 bits per heavy atom. The van der Waals surface area contributed by atoms with Gasteiger partial charge in [-0.05, 0) is 63.7 Å². The normalized spacial score (nSPS) is 9.65. The molecule has 0 aliphatic rings. The number of carbonyl (C=O) groups is 2. The van der Waals surface area contributed by atoms with E-state index in [1.807, 2.05) is 0 Å². The maximum absolute atomic E-state index is 11.0. The average Bonchev–Trinajstić information content (AvgIpc) is 2.18. The van der Waals surface area contributed by atoms with Gasteiger partial charge in [0.25, 0.3) is 0 Å². The summed E-state index contributed by atoms with van der Waals surface area (Å²) in [6.45, 7) is 0. The van der Waals surface area contributed by atoms with Gasteiger partial charge in [0.05, 0.1) is 11.1 Å². The Morgan fingerprint density at radius 1 is 0.706 bits per heavy atom. The third-order valence-corrected chi connectivity index (χ3v) is 6.46. The first-order valence-corrected chi connectivity index (χ1v) is 6.78. The van der Waals surface area contributed by atoms with Crippen LogP contribution >= 0.6 is 63.7 Å². The van der Waals surface area contributed by atoms with Gasteiger partial charge in [-0.15, -0.1) is 0 Å². The number of rotatable bonds is 2. The predicted octanol–water partition coefficient (Wildman–Crippen LogP) is 1.14. The minimum absolute atomic E-state index is 0. The second-order valence-electron chi connectivity index (χ2n) is 2.62. The summed E-state index contributed by atoms with van der Waals surface area (Å²) in [6.07, 6.45) is 0. The van der Waals surface area contributed by atoms with E-state index in [9.17, 15) is 9.59 Å². The summed E-state index contributed by atoms with van der Waals surface area (Å²) in [5.74, 6) is -2.64. The summed E-state index contributed by atoms with van der Waals surface area (Å²) in [4.78, 5) is 22.0. The molecule has 0 aliphatic carbocycles. The van der Waals surface area contributed by atoms with E-state index in [1.54, 1.807) is 0 Å². The van der Waals surface area contributed by atoms with Crippen molar-refractivity contribution in [1.29, 1.82) is 0 Å². The topological polar surface area (TPSA) is 74.6 Å². The molecule has 0 aliphatic heterocycles. The number of carboxylic acids is 2. The number of hydrogen-bond acceptors (Lipinski definition) is 2. The van der Waals surface area contributed by atoms with Gasteiger partial charge < -0.3 is 10.2 Å². The Bertz CT molecular complexity index is 458. The van der Waals surface area contributed by atoms with Gasteiger partial charge >= 0.3 is 41.5 Å². The zero-order chi connectivity index (χ0) is 12.6. The number of halogens is 4. The molecule has 4 nitrogen and oxygen atoms in total. The molecular formula is C8H2Br4NaO4+. The van der Waals surface area contributed by atoms with Crippen molar-refractivity contribution in [3.63, 3.8) is 0 Å². The zero-order valence-corrected chi connectivity index (χ0v) is 16.6. The van der Waals surface area contributed by atoms with Crippen molar-refractivity contribution in [2.45, 2.75) is 0 Å². The van der Waals surface area contributed by atoms with Crippen LogP contribution in [0.25, 0.3) is 0 Å². The molecule has 9 heteroatoms. The summed E-state index contributed by atoms with van der Waals surface area (Å²) in [6, 6.07) is 0. The van der Waals surface area contributed by atoms with Crippen LogP contribution in [0.15, 0.2) is 17.9 Å². The van der Waals surface area contributed by atoms with Crippen LogP contribution < -0.4 is 29.6 Å². The molecule has 0 amide bonds. The Labute approximate surface area is 152 Å². The maximum Gasteiger partial charge on any atom is 1.00 e. The van der Waals surface area contributed by atoms with Crippen molar-refractivity contribution < 1.29 is 49.4 Å². The Kier molecular flexibility index (Phi) is 7.47. The molecule has 0 saturated carbocycles. The third-order valence-electron chi connectivity index (χ3n) is 1.69. The molecule has 1 aromatic carbocycles. The van der Waals surface area contributed by atoms with Crippen LogP contribution in [0.2, 0.25) is 0 Å². The SMILES string of the molecule is O=C(O)c1c(Br)c(Br)c(Br)c(Br)c1C(=O)O.[Na+]. The molecule has 0 saturated heterocycles. The fraction of sp³-hybridized carbons (Fsp3) is 0. The summed E-state index contributed by atoms with van der Waals surface area (Å²) in [7, 11) is 0. The van der Waals surface area contributed by atoms with E-state index in [0.29, 0.717) is 8.95 Å². The van der Waals surface area contributed by atoms with Crippen LogP contribution in [-0.4, -0.2) is 22.2 Å². The summed E-state index contributed by atoms with van der Waals surface area (Å²) in [5, 5.41) is 18.0. The summed E-state index contributed by atoms with van der Waals surface area (Å²) in [5.41, 5.74) is -0.621. The fourth-order valence-electron chi connectivity index (χ4n) is 1.03. The van der Waals surface area contributed by atoms with Crippen LogP contribution in [0.4, 0.5) is 0 Å². The van der Waals surface area contributed by atoms with Crippen LogP contribution in [0.3, 0.4) is 0 Å². The van der Waals surface area contributed by atoms with Gasteiger partial charge in [-0.3, -0.25) is 0 Å². The van der Waals surface area contributed by atoms with E-state index in [4.69, 9.17) is 10.2 Å². The monoisotopic (exact) mass is 501 g/mol. The molecule has 0 atom stereocenters. The van der Waals surface area contributed by atoms with Crippen molar-refractivity contribution in [1.82, 2.24) is 0 Å². The van der Waals surface area contributed by atoms with E-state index < -0.39 is 11.9 Å². The fourth-order valence-corrected chi connectivity index (χ4v) is 3.49. The van der Waals surface area contributed by atoms with Crippen molar-refractivity contribution in [3.8, 4) is 0 Å². The first kappa shape index (κ1) is 18.1. The van der Waals surface area contributed by atoms with Crippen LogP contribution in [-0.2, 0) is 0 Å². The van der Waals surface area contributed by atoms with Gasteiger partial charge in [0, 0.05) is 17.9 Å². The number of benzene rings is 1. The Balaban J connectivity index is 0.00000256. The molecule has 0 heterocycles. The molecule has 0 aromatic heterocycles. The maximum atomic E-state index is 11.0. The molecule has 0 bridgehead atoms. The van der Waals surface area contributed by atoms with Gasteiger partial charge in [0.15, 0.2) is 0 Å². The molecule has 0 radical (unpaired) electrons. The second-order valence-corrected chi connectivity index (χ2v) is 5.79. The van der Waals surface area contributed by atoms with Gasteiger partial charge in [0.1, 0.15) is 0 Å². The van der Waals surface area contributed by atoms with E-state index in [2.05, 4.69) is 63.7 Å². The van der Waals surface area contributed by atoms with Gasteiger partial charge in [-0.2, -0.15) is 0 Å². The first-order valence-electron chi connectivity index (χ1n) is 3.61. The van der Waals surface area contributed by atoms with Crippen LogP contribution in [0.5, 0.6) is 0 Å². The largest absolute Gasteiger partial charge is 1.00 e. The number of carboxylic acid groups (broad SMARTS) is 2. The van der Waals surface area contributed by atoms with E-state index in [1.165, 1.54) is 0 Å². The van der Waals surface area contributed by atoms with E-state index >= 15 is 0 Å². The molecular weight excluding hydrogens is 503 g/mol. The minimum Gasteiger partial charge on any atom is -0.478 e. The number of aromatic carboxylic acids is 2. The Morgan fingerprint density at radius 3 is 1.12 bits per heavy atom. The van der Waals surface area contributed by atoms with E-state index in [-0.39, 0.29) is 49.6 Å². The van der Waals surface area contributed by atoms with Crippen molar-refractivity contribution in [2.75, 3.05) is 0 Å². The second kappa shape index (κ2) is 7.02. The first-order chi connectivity index (χ1) is 7.29. The van der Waals surface area contributed by atoms with Crippen LogP contribution in [0, 0.1) is 0 Å². The molecule has 1 aromatic rings. The Hall–Kier alpha value is 1.08. The minimum atomic E-state index is -1.32. The summed E-state index contributed by atoms with van der Waals surface area (Å²) >= 11 is 12.4. The van der Waals surface area contributed by atoms with Crippen molar-refractivity contribution >= 4 is 75.7 Å². The van der Waals surface area contributed by atoms with Gasteiger partial charge in [-0.25, -0.2) is 9.59 Å². The molecule has 0 spiro atoms. The molecule has 2 N–H and O–H groups in total. The third kappa shape index (κ3) is 3.55. The predicted molar refractivity (Wildman–Crippen MR) is 71.2 cm³/mol. The van der Waals surface area contributed by atoms with Gasteiger partial charge in [-0.1, -0.05) is 0 Å². The van der Waals surface area contributed by atoms with Crippen molar-refractivity contribution in [2.24, 2.45) is 0 Å². The van der Waals surface area contributed by atoms with E-state index in [0.717, 1.165) is 0 Å². The zero-order valence-electron chi connectivity index (χ0n) is 8.22. The molecule has 1 rings (SSSR count). The summed E-state index contributed by atoms with van der Waals surface area (Å²) < 4.78 is 1.21. The van der Waals surface area contributed by atoms with Gasteiger partial charge in [0.2, 0.25) is 0 Å². The molecule has 86 valence electrons.